The van der Waals surface area contributed by atoms with Gasteiger partial charge in [0.25, 0.3) is 11.8 Å². The van der Waals surface area contributed by atoms with Crippen molar-refractivity contribution in [2.24, 2.45) is 0 Å². The van der Waals surface area contributed by atoms with Crippen LogP contribution >= 0.6 is 0 Å². The topological polar surface area (TPSA) is 140 Å². The van der Waals surface area contributed by atoms with Crippen molar-refractivity contribution >= 4 is 23.3 Å². The highest BCUT2D eigenvalue weighted by Gasteiger charge is 2.23. The van der Waals surface area contributed by atoms with E-state index in [1.54, 1.807) is 32.0 Å². The van der Waals surface area contributed by atoms with Crippen LogP contribution in [0.15, 0.2) is 36.5 Å². The normalized spacial score (nSPS) is 14.9. The first-order valence-electron chi connectivity index (χ1n) is 12.5. The van der Waals surface area contributed by atoms with Crippen LogP contribution in [0.4, 0.5) is 14.6 Å². The molecular weight excluding hydrogens is 526 g/mol. The van der Waals surface area contributed by atoms with Gasteiger partial charge in [-0.1, -0.05) is 0 Å². The number of rotatable bonds is 8. The van der Waals surface area contributed by atoms with Crippen molar-refractivity contribution in [3.63, 3.8) is 0 Å². The number of halogens is 2. The van der Waals surface area contributed by atoms with Gasteiger partial charge in [-0.25, -0.2) is 18.3 Å². The molecule has 1 aliphatic rings. The number of hydrogen-bond acceptors (Lipinski definition) is 8. The summed E-state index contributed by atoms with van der Waals surface area (Å²) < 4.78 is 41.1. The number of carbonyl (C=O) groups is 2. The van der Waals surface area contributed by atoms with Crippen LogP contribution in [0, 0.1) is 25.5 Å². The number of anilines is 1. The molecule has 0 bridgehead atoms. The van der Waals surface area contributed by atoms with E-state index in [0.29, 0.717) is 47.9 Å². The molecule has 40 heavy (non-hydrogen) atoms. The van der Waals surface area contributed by atoms with Crippen LogP contribution in [0.2, 0.25) is 0 Å². The molecule has 1 fully saturated rings. The third kappa shape index (κ3) is 5.75. The third-order valence-corrected chi connectivity index (χ3v) is 6.35. The second-order valence-electron chi connectivity index (χ2n) is 9.27. The quantitative estimate of drug-likeness (QED) is 0.303. The summed E-state index contributed by atoms with van der Waals surface area (Å²) in [5.41, 5.74) is 3.02. The monoisotopic (exact) mass is 552 g/mol. The summed E-state index contributed by atoms with van der Waals surface area (Å²) in [6, 6.07) is 6.90. The Bertz CT molecular complexity index is 1600. The average Bonchev–Trinajstić information content (AvgIpc) is 3.58. The van der Waals surface area contributed by atoms with E-state index in [1.165, 1.54) is 10.7 Å². The maximum absolute atomic E-state index is 14.6. The van der Waals surface area contributed by atoms with Gasteiger partial charge in [0.1, 0.15) is 18.5 Å². The van der Waals surface area contributed by atoms with Gasteiger partial charge in [-0.05, 0) is 38.1 Å². The number of aromatic nitrogens is 4. The van der Waals surface area contributed by atoms with Gasteiger partial charge in [0.05, 0.1) is 36.4 Å². The smallest absolute Gasteiger partial charge is 0.253 e. The molecule has 1 aromatic carbocycles. The number of benzene rings is 1. The molecule has 3 N–H and O–H groups in total. The molecule has 4 aromatic rings. The average molecular weight is 553 g/mol. The first kappa shape index (κ1) is 27.1. The summed E-state index contributed by atoms with van der Waals surface area (Å²) in [5.74, 6) is -2.64. The number of amides is 2. The Balaban J connectivity index is 1.38. The van der Waals surface area contributed by atoms with E-state index in [4.69, 9.17) is 14.6 Å². The zero-order valence-corrected chi connectivity index (χ0v) is 21.7. The molecule has 13 heteroatoms. The highest BCUT2D eigenvalue weighted by Crippen LogP contribution is 2.28. The fraction of sp³-hybridized carbons (Fsp3) is 0.296. The molecule has 0 radical (unpaired) electrons. The first-order chi connectivity index (χ1) is 19.2. The molecule has 1 aliphatic heterocycles. The summed E-state index contributed by atoms with van der Waals surface area (Å²) >= 11 is 0. The van der Waals surface area contributed by atoms with E-state index in [-0.39, 0.29) is 35.3 Å². The minimum Gasteiger partial charge on any atom is -0.484 e. The number of aryl methyl sites for hydroxylation is 2. The van der Waals surface area contributed by atoms with Crippen molar-refractivity contribution in [1.82, 2.24) is 24.9 Å². The highest BCUT2D eigenvalue weighted by atomic mass is 19.1. The number of ether oxygens (including phenoxy) is 2. The second-order valence-corrected chi connectivity index (χ2v) is 9.27. The van der Waals surface area contributed by atoms with Crippen molar-refractivity contribution < 1.29 is 33.0 Å². The number of carbonyl (C=O) groups excluding carboxylic acids is 2. The van der Waals surface area contributed by atoms with E-state index in [0.717, 1.165) is 12.1 Å². The standard InChI is InChI=1S/C27H26F2N6O5/c1-14-19(22-3-4-24-32-23(11-35(24)34-22)33-25(37)12-36)9-20(15(2)31-14)27(38)30-10-16-7-17(28)8-21(29)26(16)40-18-5-6-39-13-18/h3-4,7-9,11,18,36H,5-6,10,12-13H2,1-2H3,(H,30,38)(H,33,37)/t18-/m0/s1. The van der Waals surface area contributed by atoms with Crippen LogP contribution in [-0.2, 0) is 16.1 Å². The van der Waals surface area contributed by atoms with Crippen molar-refractivity contribution in [2.75, 3.05) is 25.1 Å². The van der Waals surface area contributed by atoms with E-state index >= 15 is 0 Å². The maximum Gasteiger partial charge on any atom is 0.253 e. The first-order valence-corrected chi connectivity index (χ1v) is 12.5. The largest absolute Gasteiger partial charge is 0.484 e. The lowest BCUT2D eigenvalue weighted by molar-refractivity contribution is -0.118. The van der Waals surface area contributed by atoms with Crippen molar-refractivity contribution in [3.05, 3.63) is 70.7 Å². The summed E-state index contributed by atoms with van der Waals surface area (Å²) in [6.07, 6.45) is 1.71. The number of imidazole rings is 1. The fourth-order valence-corrected chi connectivity index (χ4v) is 4.40. The van der Waals surface area contributed by atoms with E-state index in [9.17, 15) is 18.4 Å². The van der Waals surface area contributed by atoms with Crippen LogP contribution < -0.4 is 15.4 Å². The Labute approximate surface area is 227 Å². The maximum atomic E-state index is 14.6. The van der Waals surface area contributed by atoms with Crippen LogP contribution in [0.25, 0.3) is 16.9 Å². The molecule has 4 heterocycles. The predicted molar refractivity (Wildman–Crippen MR) is 139 cm³/mol. The Kier molecular flexibility index (Phi) is 7.67. The Hall–Kier alpha value is -4.49. The fourth-order valence-electron chi connectivity index (χ4n) is 4.40. The van der Waals surface area contributed by atoms with Crippen molar-refractivity contribution in [2.45, 2.75) is 32.9 Å². The van der Waals surface area contributed by atoms with Gasteiger partial charge in [-0.2, -0.15) is 5.10 Å². The molecule has 1 atom stereocenters. The Morgan fingerprint density at radius 3 is 2.75 bits per heavy atom. The summed E-state index contributed by atoms with van der Waals surface area (Å²) in [7, 11) is 0. The van der Waals surface area contributed by atoms with E-state index < -0.39 is 30.1 Å². The molecule has 1 saturated heterocycles. The van der Waals surface area contributed by atoms with Crippen LogP contribution in [-0.4, -0.2) is 62.4 Å². The highest BCUT2D eigenvalue weighted by molar-refractivity contribution is 5.96. The number of aliphatic hydroxyl groups excluding tert-OH is 1. The van der Waals surface area contributed by atoms with Gasteiger partial charge in [-0.3, -0.25) is 14.6 Å². The third-order valence-electron chi connectivity index (χ3n) is 6.35. The lowest BCUT2D eigenvalue weighted by Gasteiger charge is -2.17. The molecule has 5 rings (SSSR count). The lowest BCUT2D eigenvalue weighted by Crippen LogP contribution is -2.25. The van der Waals surface area contributed by atoms with Crippen LogP contribution in [0.3, 0.4) is 0 Å². The van der Waals surface area contributed by atoms with Crippen molar-refractivity contribution in [3.8, 4) is 17.0 Å². The molecule has 0 unspecified atom stereocenters. The van der Waals surface area contributed by atoms with Crippen LogP contribution in [0.1, 0.15) is 33.7 Å². The molecule has 208 valence electrons. The number of aliphatic hydroxyl groups is 1. The van der Waals surface area contributed by atoms with Crippen LogP contribution in [0.5, 0.6) is 5.75 Å². The number of fused-ring (bicyclic) bond motifs is 1. The van der Waals surface area contributed by atoms with E-state index in [1.807, 2.05) is 0 Å². The van der Waals surface area contributed by atoms with Gasteiger partial charge in [0.15, 0.2) is 23.0 Å². The summed E-state index contributed by atoms with van der Waals surface area (Å²) in [6.45, 7) is 3.40. The number of nitrogens with zero attached hydrogens (tertiary/aromatic N) is 4. The van der Waals surface area contributed by atoms with Gasteiger partial charge in [0.2, 0.25) is 0 Å². The number of nitrogens with one attached hydrogen (secondary N) is 2. The van der Waals surface area contributed by atoms with Gasteiger partial charge in [0, 0.05) is 35.9 Å². The Morgan fingerprint density at radius 2 is 2.00 bits per heavy atom. The van der Waals surface area contributed by atoms with Gasteiger partial charge >= 0.3 is 0 Å². The molecule has 0 spiro atoms. The molecule has 2 amide bonds. The molecule has 0 saturated carbocycles. The zero-order valence-electron chi connectivity index (χ0n) is 21.7. The van der Waals surface area contributed by atoms with Gasteiger partial charge < -0.3 is 25.2 Å². The number of pyridine rings is 1. The molecule has 0 aliphatic carbocycles. The minimum atomic E-state index is -0.855. The summed E-state index contributed by atoms with van der Waals surface area (Å²) in [4.78, 5) is 33.4. The van der Waals surface area contributed by atoms with Gasteiger partial charge in [-0.15, -0.1) is 0 Å². The lowest BCUT2D eigenvalue weighted by atomic mass is 10.0. The second kappa shape index (κ2) is 11.3. The minimum absolute atomic E-state index is 0.121. The zero-order chi connectivity index (χ0) is 28.4. The summed E-state index contributed by atoms with van der Waals surface area (Å²) in [5, 5.41) is 18.6. The van der Waals surface area contributed by atoms with Crippen molar-refractivity contribution in [1.29, 1.82) is 0 Å². The SMILES string of the molecule is Cc1nc(C)c(-c2ccc3nc(NC(=O)CO)cn3n2)cc1C(=O)NCc1cc(F)cc(F)c1O[C@H]1CCOC1. The number of hydrogen-bond donors (Lipinski definition) is 3. The molecule has 11 nitrogen and oxygen atoms in total. The van der Waals surface area contributed by atoms with E-state index in [2.05, 4.69) is 25.7 Å². The molecule has 3 aromatic heterocycles. The Morgan fingerprint density at radius 1 is 1.18 bits per heavy atom. The molecular formula is C27H26F2N6O5. The predicted octanol–water partition coefficient (Wildman–Crippen LogP) is 2.71.